The Bertz CT molecular complexity index is 680. The summed E-state index contributed by atoms with van der Waals surface area (Å²) < 4.78 is 47.2. The van der Waals surface area contributed by atoms with E-state index in [4.69, 9.17) is 5.73 Å². The molecule has 6 nitrogen and oxygen atoms in total. The predicted octanol–water partition coefficient (Wildman–Crippen LogP) is -0.0837. The zero-order valence-corrected chi connectivity index (χ0v) is 11.5. The Morgan fingerprint density at radius 1 is 1.17 bits per heavy atom. The second kappa shape index (κ2) is 4.22. The van der Waals surface area contributed by atoms with Gasteiger partial charge in [-0.1, -0.05) is 6.07 Å². The second-order valence-corrected chi connectivity index (χ2v) is 8.93. The molecule has 1 aliphatic heterocycles. The Balaban J connectivity index is 2.26. The van der Waals surface area contributed by atoms with E-state index in [1.807, 2.05) is 0 Å². The molecule has 0 saturated carbocycles. The summed E-state index contributed by atoms with van der Waals surface area (Å²) in [6, 6.07) is 5.18. The maximum atomic E-state index is 11.9. The standard InChI is InChI=1S/C10H14N2O4S2/c1-17(13,14)7-18(15,16)12-5-8-2-3-10(11)4-9(8)6-12/h2-4H,5-7,11H2,1H3. The zero-order valence-electron chi connectivity index (χ0n) is 9.83. The van der Waals surface area contributed by atoms with Gasteiger partial charge in [-0.3, -0.25) is 0 Å². The van der Waals surface area contributed by atoms with Crippen LogP contribution < -0.4 is 5.73 Å². The van der Waals surface area contributed by atoms with Crippen LogP contribution in [0.25, 0.3) is 0 Å². The number of benzene rings is 1. The van der Waals surface area contributed by atoms with E-state index in [0.29, 0.717) is 5.69 Å². The van der Waals surface area contributed by atoms with Gasteiger partial charge in [-0.15, -0.1) is 0 Å². The van der Waals surface area contributed by atoms with Crippen LogP contribution in [0.15, 0.2) is 18.2 Å². The first-order chi connectivity index (χ1) is 8.17. The van der Waals surface area contributed by atoms with E-state index in [9.17, 15) is 16.8 Å². The molecule has 8 heteroatoms. The second-order valence-electron chi connectivity index (χ2n) is 4.45. The first kappa shape index (κ1) is 13.3. The van der Waals surface area contributed by atoms with E-state index in [1.54, 1.807) is 18.2 Å². The number of sulfone groups is 1. The maximum absolute atomic E-state index is 11.9. The van der Waals surface area contributed by atoms with Crippen LogP contribution in [0, 0.1) is 0 Å². The fourth-order valence-electron chi connectivity index (χ4n) is 1.92. The third-order valence-electron chi connectivity index (χ3n) is 2.68. The van der Waals surface area contributed by atoms with E-state index in [1.165, 1.54) is 0 Å². The lowest BCUT2D eigenvalue weighted by Crippen LogP contribution is -2.31. The monoisotopic (exact) mass is 290 g/mol. The van der Waals surface area contributed by atoms with Crippen LogP contribution in [0.1, 0.15) is 11.1 Å². The minimum absolute atomic E-state index is 0.179. The predicted molar refractivity (Wildman–Crippen MR) is 68.7 cm³/mol. The molecule has 0 radical (unpaired) electrons. The van der Waals surface area contributed by atoms with Crippen LogP contribution in [-0.4, -0.2) is 32.5 Å². The minimum atomic E-state index is -3.79. The third-order valence-corrected chi connectivity index (χ3v) is 6.63. The van der Waals surface area contributed by atoms with E-state index in [0.717, 1.165) is 21.7 Å². The van der Waals surface area contributed by atoms with Crippen LogP contribution in [0.2, 0.25) is 0 Å². The Labute approximate surface area is 106 Å². The van der Waals surface area contributed by atoms with Gasteiger partial charge in [0.15, 0.2) is 14.9 Å². The van der Waals surface area contributed by atoms with Crippen molar-refractivity contribution in [2.24, 2.45) is 0 Å². The van der Waals surface area contributed by atoms with Crippen molar-refractivity contribution < 1.29 is 16.8 Å². The summed E-state index contributed by atoms with van der Waals surface area (Å²) >= 11 is 0. The van der Waals surface area contributed by atoms with Crippen molar-refractivity contribution in [3.8, 4) is 0 Å². The summed E-state index contributed by atoms with van der Waals surface area (Å²) in [7, 11) is -7.36. The molecular weight excluding hydrogens is 276 g/mol. The number of anilines is 1. The molecule has 18 heavy (non-hydrogen) atoms. The molecule has 1 heterocycles. The van der Waals surface area contributed by atoms with E-state index in [2.05, 4.69) is 0 Å². The van der Waals surface area contributed by atoms with Crippen molar-refractivity contribution >= 4 is 25.5 Å². The summed E-state index contributed by atoms with van der Waals surface area (Å²) in [6.45, 7) is 0.381. The van der Waals surface area contributed by atoms with Crippen molar-refractivity contribution in [3.05, 3.63) is 29.3 Å². The highest BCUT2D eigenvalue weighted by molar-refractivity contribution is 8.06. The lowest BCUT2D eigenvalue weighted by atomic mass is 10.1. The van der Waals surface area contributed by atoms with Gasteiger partial charge < -0.3 is 5.73 Å². The van der Waals surface area contributed by atoms with Gasteiger partial charge in [0.25, 0.3) is 0 Å². The van der Waals surface area contributed by atoms with Crippen LogP contribution in [0.5, 0.6) is 0 Å². The molecule has 0 aromatic heterocycles. The topological polar surface area (TPSA) is 97.5 Å². The highest BCUT2D eigenvalue weighted by atomic mass is 32.3. The summed E-state index contributed by atoms with van der Waals surface area (Å²) in [5.74, 6) is 0. The van der Waals surface area contributed by atoms with Gasteiger partial charge in [-0.05, 0) is 23.3 Å². The highest BCUT2D eigenvalue weighted by Crippen LogP contribution is 2.27. The molecule has 0 fully saturated rings. The average Bonchev–Trinajstić information content (AvgIpc) is 2.57. The molecule has 0 amide bonds. The summed E-state index contributed by atoms with van der Waals surface area (Å²) in [6.07, 6.45) is 0.908. The molecule has 100 valence electrons. The number of hydrogen-bond donors (Lipinski definition) is 1. The Morgan fingerprint density at radius 3 is 2.39 bits per heavy atom. The van der Waals surface area contributed by atoms with E-state index < -0.39 is 24.9 Å². The number of nitrogens with two attached hydrogens (primary N) is 1. The number of rotatable bonds is 3. The lowest BCUT2D eigenvalue weighted by Gasteiger charge is -2.14. The smallest absolute Gasteiger partial charge is 0.229 e. The summed E-state index contributed by atoms with van der Waals surface area (Å²) in [5, 5.41) is -0.858. The van der Waals surface area contributed by atoms with Crippen molar-refractivity contribution in [2.75, 3.05) is 17.1 Å². The van der Waals surface area contributed by atoms with Gasteiger partial charge in [0.1, 0.15) is 0 Å². The van der Waals surface area contributed by atoms with Gasteiger partial charge in [0.2, 0.25) is 10.0 Å². The SMILES string of the molecule is CS(=O)(=O)CS(=O)(=O)N1Cc2ccc(N)cc2C1. The fourth-order valence-corrected chi connectivity index (χ4v) is 5.36. The van der Waals surface area contributed by atoms with Gasteiger partial charge in [-0.25, -0.2) is 16.8 Å². The largest absolute Gasteiger partial charge is 0.399 e. The number of nitrogen functional groups attached to an aromatic ring is 1. The molecule has 1 aromatic carbocycles. The minimum Gasteiger partial charge on any atom is -0.399 e. The van der Waals surface area contributed by atoms with E-state index >= 15 is 0 Å². The fraction of sp³-hybridized carbons (Fsp3) is 0.400. The van der Waals surface area contributed by atoms with Gasteiger partial charge >= 0.3 is 0 Å². The normalized spacial score (nSPS) is 16.7. The molecule has 0 aliphatic carbocycles. The van der Waals surface area contributed by atoms with Crippen LogP contribution >= 0.6 is 0 Å². The summed E-state index contributed by atoms with van der Waals surface area (Å²) in [4.78, 5) is 0. The van der Waals surface area contributed by atoms with Crippen molar-refractivity contribution in [1.29, 1.82) is 0 Å². The number of nitrogens with zero attached hydrogens (tertiary/aromatic N) is 1. The molecule has 0 saturated heterocycles. The molecule has 1 aromatic rings. The Hall–Kier alpha value is -1.12. The quantitative estimate of drug-likeness (QED) is 0.785. The molecular formula is C10H14N2O4S2. The van der Waals surface area contributed by atoms with Gasteiger partial charge in [0, 0.05) is 25.0 Å². The highest BCUT2D eigenvalue weighted by Gasteiger charge is 2.31. The maximum Gasteiger partial charge on any atom is 0.229 e. The molecule has 2 N–H and O–H groups in total. The lowest BCUT2D eigenvalue weighted by molar-refractivity contribution is 0.434. The first-order valence-electron chi connectivity index (χ1n) is 5.20. The molecule has 0 unspecified atom stereocenters. The molecule has 1 aliphatic rings. The van der Waals surface area contributed by atoms with Gasteiger partial charge in [0.05, 0.1) is 0 Å². The number of fused-ring (bicyclic) bond motifs is 1. The van der Waals surface area contributed by atoms with Crippen LogP contribution in [-0.2, 0) is 33.0 Å². The average molecular weight is 290 g/mol. The Morgan fingerprint density at radius 2 is 1.78 bits per heavy atom. The van der Waals surface area contributed by atoms with Crippen LogP contribution in [0.3, 0.4) is 0 Å². The Kier molecular flexibility index (Phi) is 3.12. The molecule has 0 spiro atoms. The van der Waals surface area contributed by atoms with Crippen LogP contribution in [0.4, 0.5) is 5.69 Å². The number of hydrogen-bond acceptors (Lipinski definition) is 5. The van der Waals surface area contributed by atoms with E-state index in [-0.39, 0.29) is 13.1 Å². The zero-order chi connectivity index (χ0) is 13.6. The van der Waals surface area contributed by atoms with Crippen molar-refractivity contribution in [2.45, 2.75) is 13.1 Å². The number of sulfonamides is 1. The van der Waals surface area contributed by atoms with Gasteiger partial charge in [-0.2, -0.15) is 4.31 Å². The van der Waals surface area contributed by atoms with Crippen molar-refractivity contribution in [3.63, 3.8) is 0 Å². The molecule has 0 atom stereocenters. The third kappa shape index (κ3) is 2.82. The molecule has 0 bridgehead atoms. The van der Waals surface area contributed by atoms with Crippen molar-refractivity contribution in [1.82, 2.24) is 4.31 Å². The first-order valence-corrected chi connectivity index (χ1v) is 8.87. The molecule has 2 rings (SSSR count). The summed E-state index contributed by atoms with van der Waals surface area (Å²) in [5.41, 5.74) is 7.88.